The Labute approximate surface area is 132 Å². The minimum Gasteiger partial charge on any atom is -0.388 e. The van der Waals surface area contributed by atoms with Crippen molar-refractivity contribution in [2.75, 3.05) is 12.3 Å². The van der Waals surface area contributed by atoms with E-state index >= 15 is 0 Å². The molecule has 0 spiro atoms. The van der Waals surface area contributed by atoms with Gasteiger partial charge in [0.25, 0.3) is 0 Å². The van der Waals surface area contributed by atoms with Crippen LogP contribution in [0.5, 0.6) is 0 Å². The highest BCUT2D eigenvalue weighted by molar-refractivity contribution is 7.89. The maximum absolute atomic E-state index is 12.5. The van der Waals surface area contributed by atoms with Crippen molar-refractivity contribution < 1.29 is 13.5 Å². The van der Waals surface area contributed by atoms with Gasteiger partial charge < -0.3 is 5.11 Å². The van der Waals surface area contributed by atoms with Gasteiger partial charge in [-0.05, 0) is 31.6 Å². The molecule has 1 saturated carbocycles. The molecule has 6 nitrogen and oxygen atoms in total. The summed E-state index contributed by atoms with van der Waals surface area (Å²) < 4.78 is 28.3. The first-order chi connectivity index (χ1) is 10.5. The molecule has 1 aromatic rings. The quantitative estimate of drug-likeness (QED) is 0.822. The predicted octanol–water partition coefficient (Wildman–Crippen LogP) is 1.44. The molecule has 0 amide bonds. The van der Waals surface area contributed by atoms with Crippen LogP contribution < -0.4 is 0 Å². The molecule has 1 N–H and O–H groups in total. The number of hydrogen-bond donors (Lipinski definition) is 1. The Morgan fingerprint density at radius 2 is 2.18 bits per heavy atom. The molecule has 0 bridgehead atoms. The molecule has 1 aliphatic heterocycles. The zero-order valence-electron chi connectivity index (χ0n) is 13.1. The Bertz CT molecular complexity index is 609. The zero-order chi connectivity index (χ0) is 15.7. The van der Waals surface area contributed by atoms with E-state index in [1.165, 1.54) is 12.8 Å². The Morgan fingerprint density at radius 3 is 2.82 bits per heavy atom. The van der Waals surface area contributed by atoms with Gasteiger partial charge in [0.2, 0.25) is 10.0 Å². The second kappa shape index (κ2) is 6.29. The van der Waals surface area contributed by atoms with Gasteiger partial charge >= 0.3 is 0 Å². The van der Waals surface area contributed by atoms with Crippen molar-refractivity contribution in [2.45, 2.75) is 50.7 Å². The first kappa shape index (κ1) is 16.0. The van der Waals surface area contributed by atoms with Crippen LogP contribution in [0.4, 0.5) is 0 Å². The molecule has 22 heavy (non-hydrogen) atoms. The highest BCUT2D eigenvalue weighted by Gasteiger charge is 2.36. The van der Waals surface area contributed by atoms with Gasteiger partial charge in [-0.1, -0.05) is 12.8 Å². The third kappa shape index (κ3) is 3.70. The highest BCUT2D eigenvalue weighted by Crippen LogP contribution is 2.34. The van der Waals surface area contributed by atoms with Crippen LogP contribution in [0.3, 0.4) is 0 Å². The number of nitrogens with zero attached hydrogens (tertiary/aromatic N) is 3. The minimum atomic E-state index is -3.19. The fourth-order valence-electron chi connectivity index (χ4n) is 3.26. The van der Waals surface area contributed by atoms with Gasteiger partial charge in [-0.3, -0.25) is 4.68 Å². The van der Waals surface area contributed by atoms with Crippen LogP contribution in [0.2, 0.25) is 0 Å². The van der Waals surface area contributed by atoms with E-state index in [0.29, 0.717) is 18.9 Å². The maximum atomic E-state index is 12.5. The lowest BCUT2D eigenvalue weighted by atomic mass is 10.0. The summed E-state index contributed by atoms with van der Waals surface area (Å²) in [5.41, 5.74) is 0.754. The molecule has 124 valence electrons. The molecule has 1 aliphatic carbocycles. The smallest absolute Gasteiger partial charge is 0.214 e. The number of aliphatic hydroxyl groups is 1. The number of aromatic nitrogens is 2. The van der Waals surface area contributed by atoms with E-state index in [1.807, 2.05) is 0 Å². The van der Waals surface area contributed by atoms with Crippen LogP contribution in [0.25, 0.3) is 0 Å². The summed E-state index contributed by atoms with van der Waals surface area (Å²) in [6, 6.07) is -0.0839. The summed E-state index contributed by atoms with van der Waals surface area (Å²) in [7, 11) is -1.38. The van der Waals surface area contributed by atoms with Crippen LogP contribution in [-0.2, 0) is 17.1 Å². The van der Waals surface area contributed by atoms with E-state index in [-0.39, 0.29) is 11.8 Å². The van der Waals surface area contributed by atoms with E-state index < -0.39 is 16.1 Å². The largest absolute Gasteiger partial charge is 0.388 e. The Hall–Kier alpha value is -0.920. The van der Waals surface area contributed by atoms with Crippen LogP contribution in [-0.4, -0.2) is 45.9 Å². The molecule has 7 heteroatoms. The summed E-state index contributed by atoms with van der Waals surface area (Å²) in [4.78, 5) is 0. The number of sulfonamides is 1. The van der Waals surface area contributed by atoms with Crippen molar-refractivity contribution in [3.8, 4) is 0 Å². The van der Waals surface area contributed by atoms with Crippen LogP contribution >= 0.6 is 0 Å². The summed E-state index contributed by atoms with van der Waals surface area (Å²) in [5.74, 6) is 0.883. The third-order valence-corrected chi connectivity index (χ3v) is 6.71. The number of aryl methyl sites for hydroxylation is 1. The standard InChI is InChI=1S/C15H25N3O3S/c1-17-11-13(10-16-17)15(19)9-14-3-2-7-18(14)22(20,21)8-6-12-4-5-12/h10-12,14-15,19H,2-9H2,1H3. The average molecular weight is 327 g/mol. The Morgan fingerprint density at radius 1 is 1.41 bits per heavy atom. The van der Waals surface area contributed by atoms with Crippen molar-refractivity contribution >= 4 is 10.0 Å². The van der Waals surface area contributed by atoms with Crippen LogP contribution in [0.15, 0.2) is 12.4 Å². The molecule has 3 rings (SSSR count). The number of aliphatic hydroxyl groups excluding tert-OH is 1. The zero-order valence-corrected chi connectivity index (χ0v) is 13.9. The van der Waals surface area contributed by atoms with Gasteiger partial charge in [0.05, 0.1) is 18.1 Å². The molecule has 0 aromatic carbocycles. The van der Waals surface area contributed by atoms with Crippen molar-refractivity contribution in [3.05, 3.63) is 18.0 Å². The monoisotopic (exact) mass is 327 g/mol. The van der Waals surface area contributed by atoms with Crippen molar-refractivity contribution in [1.82, 2.24) is 14.1 Å². The second-order valence-corrected chi connectivity index (χ2v) is 8.69. The molecule has 1 aromatic heterocycles. The van der Waals surface area contributed by atoms with Crippen molar-refractivity contribution in [2.24, 2.45) is 13.0 Å². The first-order valence-electron chi connectivity index (χ1n) is 8.12. The van der Waals surface area contributed by atoms with Gasteiger partial charge in [-0.25, -0.2) is 8.42 Å². The lowest BCUT2D eigenvalue weighted by Gasteiger charge is -2.25. The fraction of sp³-hybridized carbons (Fsp3) is 0.800. The molecule has 1 saturated heterocycles. The molecule has 2 aliphatic rings. The maximum Gasteiger partial charge on any atom is 0.214 e. The first-order valence-corrected chi connectivity index (χ1v) is 9.73. The number of hydrogen-bond acceptors (Lipinski definition) is 4. The minimum absolute atomic E-state index is 0.0839. The Kier molecular flexibility index (Phi) is 4.56. The SMILES string of the molecule is Cn1cc(C(O)CC2CCCN2S(=O)(=O)CCC2CC2)cn1. The van der Waals surface area contributed by atoms with E-state index in [4.69, 9.17) is 0 Å². The molecule has 2 unspecified atom stereocenters. The molecule has 2 heterocycles. The Balaban J connectivity index is 1.62. The third-order valence-electron chi connectivity index (χ3n) is 4.77. The van der Waals surface area contributed by atoms with Crippen molar-refractivity contribution in [3.63, 3.8) is 0 Å². The van der Waals surface area contributed by atoms with Gasteiger partial charge in [-0.15, -0.1) is 0 Å². The van der Waals surface area contributed by atoms with Gasteiger partial charge in [0.15, 0.2) is 0 Å². The highest BCUT2D eigenvalue weighted by atomic mass is 32.2. The van der Waals surface area contributed by atoms with E-state index in [0.717, 1.165) is 24.8 Å². The van der Waals surface area contributed by atoms with Gasteiger partial charge in [0, 0.05) is 31.4 Å². The normalized spacial score (nSPS) is 24.7. The van der Waals surface area contributed by atoms with Gasteiger partial charge in [-0.2, -0.15) is 9.40 Å². The summed E-state index contributed by atoms with van der Waals surface area (Å²) in [6.07, 6.45) is 8.09. The number of rotatable bonds is 7. The molecule has 2 atom stereocenters. The average Bonchev–Trinajstić information content (AvgIpc) is 3.00. The molecule has 0 radical (unpaired) electrons. The topological polar surface area (TPSA) is 75.4 Å². The lowest BCUT2D eigenvalue weighted by molar-refractivity contribution is 0.142. The van der Waals surface area contributed by atoms with Gasteiger partial charge in [0.1, 0.15) is 0 Å². The molecular formula is C15H25N3O3S. The fourth-order valence-corrected chi connectivity index (χ4v) is 5.18. The second-order valence-electron chi connectivity index (χ2n) is 6.65. The predicted molar refractivity (Wildman–Crippen MR) is 83.6 cm³/mol. The van der Waals surface area contributed by atoms with E-state index in [2.05, 4.69) is 5.10 Å². The summed E-state index contributed by atoms with van der Waals surface area (Å²) in [5, 5.41) is 14.4. The van der Waals surface area contributed by atoms with Crippen LogP contribution in [0, 0.1) is 5.92 Å². The van der Waals surface area contributed by atoms with Crippen LogP contribution in [0.1, 0.15) is 50.2 Å². The summed E-state index contributed by atoms with van der Waals surface area (Å²) in [6.45, 7) is 0.595. The lowest BCUT2D eigenvalue weighted by Crippen LogP contribution is -2.38. The van der Waals surface area contributed by atoms with Crippen molar-refractivity contribution in [1.29, 1.82) is 0 Å². The van der Waals surface area contributed by atoms with E-state index in [9.17, 15) is 13.5 Å². The van der Waals surface area contributed by atoms with E-state index in [1.54, 1.807) is 28.4 Å². The molecular weight excluding hydrogens is 302 g/mol. The molecule has 2 fully saturated rings. The summed E-state index contributed by atoms with van der Waals surface area (Å²) >= 11 is 0.